The van der Waals surface area contributed by atoms with Crippen molar-refractivity contribution in [3.8, 4) is 6.07 Å². The summed E-state index contributed by atoms with van der Waals surface area (Å²) in [6, 6.07) is 7.12. The van der Waals surface area contributed by atoms with E-state index in [-0.39, 0.29) is 11.9 Å². The molecule has 1 fully saturated rings. The molecular weight excluding hydrogens is 282 g/mol. The predicted octanol–water partition coefficient (Wildman–Crippen LogP) is 2.25. The minimum Gasteiger partial charge on any atom is -0.326 e. The summed E-state index contributed by atoms with van der Waals surface area (Å²) in [5.74, 6) is 2.00. The Labute approximate surface area is 121 Å². The summed E-state index contributed by atoms with van der Waals surface area (Å²) in [7, 11) is 0. The molecule has 1 atom stereocenters. The number of carbonyl (C=O) groups is 1. The first-order valence-corrected chi connectivity index (χ1v) is 7.53. The van der Waals surface area contributed by atoms with Crippen molar-refractivity contribution in [3.05, 3.63) is 28.8 Å². The molecule has 0 spiro atoms. The van der Waals surface area contributed by atoms with Crippen LogP contribution in [0.5, 0.6) is 0 Å². The Kier molecular flexibility index (Phi) is 5.08. The summed E-state index contributed by atoms with van der Waals surface area (Å²) in [4.78, 5) is 11.9. The zero-order chi connectivity index (χ0) is 13.7. The summed E-state index contributed by atoms with van der Waals surface area (Å²) in [6.45, 7) is 0.947. The normalized spacial score (nSPS) is 18.6. The molecule has 1 aliphatic heterocycles. The fraction of sp³-hybridized carbons (Fsp3) is 0.385. The van der Waals surface area contributed by atoms with Crippen LogP contribution < -0.4 is 10.6 Å². The van der Waals surface area contributed by atoms with Gasteiger partial charge in [-0.15, -0.1) is 0 Å². The highest BCUT2D eigenvalue weighted by Gasteiger charge is 2.16. The minimum absolute atomic E-state index is 0.0498. The molecule has 0 aliphatic carbocycles. The second-order valence-corrected chi connectivity index (χ2v) is 5.84. The number of nitrogens with zero attached hydrogens (tertiary/aromatic N) is 1. The van der Waals surface area contributed by atoms with E-state index in [9.17, 15) is 4.79 Å². The Morgan fingerprint density at radius 1 is 1.63 bits per heavy atom. The summed E-state index contributed by atoms with van der Waals surface area (Å²) >= 11 is 7.70. The third kappa shape index (κ3) is 4.13. The fourth-order valence-electron chi connectivity index (χ4n) is 1.88. The van der Waals surface area contributed by atoms with Crippen LogP contribution in [-0.2, 0) is 4.79 Å². The third-order valence-electron chi connectivity index (χ3n) is 2.80. The van der Waals surface area contributed by atoms with Gasteiger partial charge in [0.25, 0.3) is 0 Å². The average molecular weight is 296 g/mol. The molecule has 2 N–H and O–H groups in total. The van der Waals surface area contributed by atoms with Crippen molar-refractivity contribution >= 4 is 35.0 Å². The van der Waals surface area contributed by atoms with Crippen molar-refractivity contribution in [1.29, 1.82) is 5.26 Å². The number of carbonyl (C=O) groups excluding carboxylic acids is 1. The number of thioether (sulfide) groups is 1. The average Bonchev–Trinajstić information content (AvgIpc) is 2.42. The van der Waals surface area contributed by atoms with Crippen LogP contribution in [0.1, 0.15) is 12.0 Å². The van der Waals surface area contributed by atoms with E-state index >= 15 is 0 Å². The van der Waals surface area contributed by atoms with Gasteiger partial charge in [0, 0.05) is 36.2 Å². The Morgan fingerprint density at radius 3 is 3.16 bits per heavy atom. The molecule has 4 nitrogen and oxygen atoms in total. The van der Waals surface area contributed by atoms with Gasteiger partial charge in [0.2, 0.25) is 5.91 Å². The maximum atomic E-state index is 11.9. The standard InChI is InChI=1S/C13H14ClN3OS/c14-12-2-1-10(5-9(12)7-15)17-13(18)6-11-8-19-4-3-16-11/h1-2,5,11,16H,3-4,6,8H2,(H,17,18). The van der Waals surface area contributed by atoms with Crippen LogP contribution in [0.3, 0.4) is 0 Å². The summed E-state index contributed by atoms with van der Waals surface area (Å²) < 4.78 is 0. The van der Waals surface area contributed by atoms with Crippen LogP contribution in [0.25, 0.3) is 0 Å². The zero-order valence-electron chi connectivity index (χ0n) is 10.3. The van der Waals surface area contributed by atoms with E-state index in [0.29, 0.717) is 22.7 Å². The smallest absolute Gasteiger partial charge is 0.225 e. The maximum Gasteiger partial charge on any atom is 0.225 e. The summed E-state index contributed by atoms with van der Waals surface area (Å²) in [6.07, 6.45) is 0.442. The molecule has 100 valence electrons. The van der Waals surface area contributed by atoms with Gasteiger partial charge in [0.05, 0.1) is 10.6 Å². The molecule has 1 heterocycles. The molecule has 0 radical (unpaired) electrons. The highest BCUT2D eigenvalue weighted by molar-refractivity contribution is 7.99. The maximum absolute atomic E-state index is 11.9. The lowest BCUT2D eigenvalue weighted by molar-refractivity contribution is -0.116. The Hall–Kier alpha value is -1.22. The van der Waals surface area contributed by atoms with Crippen LogP contribution >= 0.6 is 23.4 Å². The molecule has 1 amide bonds. The van der Waals surface area contributed by atoms with Gasteiger partial charge in [-0.25, -0.2) is 0 Å². The third-order valence-corrected chi connectivity index (χ3v) is 4.26. The molecule has 0 saturated carbocycles. The predicted molar refractivity (Wildman–Crippen MR) is 78.5 cm³/mol. The van der Waals surface area contributed by atoms with Crippen LogP contribution in [-0.4, -0.2) is 30.0 Å². The number of nitriles is 1. The number of anilines is 1. The summed E-state index contributed by atoms with van der Waals surface area (Å²) in [5, 5.41) is 15.4. The number of amides is 1. The van der Waals surface area contributed by atoms with E-state index in [1.807, 2.05) is 17.8 Å². The van der Waals surface area contributed by atoms with E-state index in [2.05, 4.69) is 10.6 Å². The van der Waals surface area contributed by atoms with Crippen LogP contribution in [0, 0.1) is 11.3 Å². The largest absolute Gasteiger partial charge is 0.326 e. The lowest BCUT2D eigenvalue weighted by atomic mass is 10.2. The molecule has 1 aliphatic rings. The van der Waals surface area contributed by atoms with Crippen molar-refractivity contribution in [1.82, 2.24) is 5.32 Å². The first-order valence-electron chi connectivity index (χ1n) is 5.99. The first kappa shape index (κ1) is 14.2. The van der Waals surface area contributed by atoms with Crippen molar-refractivity contribution < 1.29 is 4.79 Å². The van der Waals surface area contributed by atoms with Crippen molar-refractivity contribution in [2.45, 2.75) is 12.5 Å². The lowest BCUT2D eigenvalue weighted by Gasteiger charge is -2.22. The minimum atomic E-state index is -0.0498. The SMILES string of the molecule is N#Cc1cc(NC(=O)CC2CSCCN2)ccc1Cl. The summed E-state index contributed by atoms with van der Waals surface area (Å²) in [5.41, 5.74) is 0.972. The van der Waals surface area contributed by atoms with Gasteiger partial charge in [0.15, 0.2) is 0 Å². The van der Waals surface area contributed by atoms with Crippen molar-refractivity contribution in [2.24, 2.45) is 0 Å². The Balaban J connectivity index is 1.93. The highest BCUT2D eigenvalue weighted by Crippen LogP contribution is 2.20. The van der Waals surface area contributed by atoms with E-state index in [4.69, 9.17) is 16.9 Å². The van der Waals surface area contributed by atoms with E-state index in [1.54, 1.807) is 18.2 Å². The fourth-order valence-corrected chi connectivity index (χ4v) is 2.98. The molecule has 0 bridgehead atoms. The number of nitrogens with one attached hydrogen (secondary N) is 2. The number of hydrogen-bond acceptors (Lipinski definition) is 4. The zero-order valence-corrected chi connectivity index (χ0v) is 11.9. The highest BCUT2D eigenvalue weighted by atomic mass is 35.5. The van der Waals surface area contributed by atoms with Crippen molar-refractivity contribution in [3.63, 3.8) is 0 Å². The topological polar surface area (TPSA) is 64.9 Å². The van der Waals surface area contributed by atoms with Gasteiger partial charge >= 0.3 is 0 Å². The van der Waals surface area contributed by atoms with E-state index in [1.165, 1.54) is 0 Å². The van der Waals surface area contributed by atoms with Crippen LogP contribution in [0.2, 0.25) is 5.02 Å². The van der Waals surface area contributed by atoms with E-state index < -0.39 is 0 Å². The monoisotopic (exact) mass is 295 g/mol. The lowest BCUT2D eigenvalue weighted by Crippen LogP contribution is -2.39. The van der Waals surface area contributed by atoms with Gasteiger partial charge in [-0.2, -0.15) is 17.0 Å². The second-order valence-electron chi connectivity index (χ2n) is 4.28. The van der Waals surface area contributed by atoms with Gasteiger partial charge in [-0.05, 0) is 18.2 Å². The van der Waals surface area contributed by atoms with Crippen LogP contribution in [0.15, 0.2) is 18.2 Å². The molecule has 1 aromatic rings. The molecule has 1 saturated heterocycles. The van der Waals surface area contributed by atoms with Crippen molar-refractivity contribution in [2.75, 3.05) is 23.4 Å². The number of hydrogen-bond donors (Lipinski definition) is 2. The molecule has 1 aromatic carbocycles. The molecule has 1 unspecified atom stereocenters. The number of halogens is 1. The van der Waals surface area contributed by atoms with Crippen LogP contribution in [0.4, 0.5) is 5.69 Å². The first-order chi connectivity index (χ1) is 9.19. The quantitative estimate of drug-likeness (QED) is 0.897. The Morgan fingerprint density at radius 2 is 2.47 bits per heavy atom. The molecule has 19 heavy (non-hydrogen) atoms. The second kappa shape index (κ2) is 6.80. The van der Waals surface area contributed by atoms with Gasteiger partial charge in [-0.1, -0.05) is 11.6 Å². The van der Waals surface area contributed by atoms with E-state index in [0.717, 1.165) is 18.1 Å². The van der Waals surface area contributed by atoms with Gasteiger partial charge < -0.3 is 10.6 Å². The molecular formula is C13H14ClN3OS. The Bertz CT molecular complexity index is 509. The molecule has 6 heteroatoms. The van der Waals surface area contributed by atoms with Gasteiger partial charge in [0.1, 0.15) is 6.07 Å². The molecule has 2 rings (SSSR count). The number of benzene rings is 1. The molecule has 0 aromatic heterocycles. The van der Waals surface area contributed by atoms with Gasteiger partial charge in [-0.3, -0.25) is 4.79 Å². The number of rotatable bonds is 3.